The number of aryl methyl sites for hydroxylation is 1. The lowest BCUT2D eigenvalue weighted by Crippen LogP contribution is -2.45. The average Bonchev–Trinajstić information content (AvgIpc) is 2.50. The van der Waals surface area contributed by atoms with E-state index in [1.807, 2.05) is 31.2 Å². The Morgan fingerprint density at radius 1 is 1.35 bits per heavy atom. The number of allylic oxidation sites excluding steroid dienone is 1. The normalized spacial score (nSPS) is 17.5. The Labute approximate surface area is 140 Å². The van der Waals surface area contributed by atoms with Crippen molar-refractivity contribution in [1.82, 2.24) is 10.6 Å². The van der Waals surface area contributed by atoms with Gasteiger partial charge in [-0.15, -0.1) is 0 Å². The Morgan fingerprint density at radius 2 is 2.13 bits per heavy atom. The lowest BCUT2D eigenvalue weighted by molar-refractivity contribution is -0.138. The third-order valence-electron chi connectivity index (χ3n) is 3.53. The van der Waals surface area contributed by atoms with E-state index in [4.69, 9.17) is 4.74 Å². The maximum atomic E-state index is 12.5. The van der Waals surface area contributed by atoms with Gasteiger partial charge in [-0.05, 0) is 25.2 Å². The average molecular weight is 334 g/mol. The molecule has 1 aromatic rings. The van der Waals surface area contributed by atoms with Crippen molar-refractivity contribution in [2.75, 3.05) is 18.1 Å². The summed E-state index contributed by atoms with van der Waals surface area (Å²) in [5, 5.41) is 5.46. The number of hydrogen-bond acceptors (Lipinski definition) is 4. The van der Waals surface area contributed by atoms with Crippen LogP contribution in [0.25, 0.3) is 0 Å². The number of benzene rings is 1. The van der Waals surface area contributed by atoms with E-state index in [1.165, 1.54) is 0 Å². The van der Waals surface area contributed by atoms with Gasteiger partial charge in [-0.25, -0.2) is 9.59 Å². The van der Waals surface area contributed by atoms with Crippen molar-refractivity contribution in [2.45, 2.75) is 26.8 Å². The zero-order valence-electron chi connectivity index (χ0n) is 13.6. The van der Waals surface area contributed by atoms with E-state index in [0.29, 0.717) is 17.9 Å². The highest BCUT2D eigenvalue weighted by Gasteiger charge is 2.32. The molecule has 2 rings (SSSR count). The molecule has 1 aromatic carbocycles. The monoisotopic (exact) mass is 334 g/mol. The Bertz CT molecular complexity index is 628. The fourth-order valence-corrected chi connectivity index (χ4v) is 2.97. The summed E-state index contributed by atoms with van der Waals surface area (Å²) in [6.07, 6.45) is 0. The summed E-state index contributed by atoms with van der Waals surface area (Å²) < 4.78 is 5.36. The van der Waals surface area contributed by atoms with Crippen molar-refractivity contribution < 1.29 is 14.3 Å². The fraction of sp³-hybridized carbons (Fsp3) is 0.412. The molecule has 0 spiro atoms. The molecule has 1 aliphatic rings. The van der Waals surface area contributed by atoms with Crippen molar-refractivity contribution in [2.24, 2.45) is 0 Å². The molecule has 1 heterocycles. The van der Waals surface area contributed by atoms with Gasteiger partial charge in [0.15, 0.2) is 0 Å². The minimum Gasteiger partial charge on any atom is -0.461 e. The molecule has 23 heavy (non-hydrogen) atoms. The van der Waals surface area contributed by atoms with Gasteiger partial charge in [-0.2, -0.15) is 11.8 Å². The van der Waals surface area contributed by atoms with Gasteiger partial charge in [0.05, 0.1) is 11.6 Å². The number of amides is 2. The Hall–Kier alpha value is -1.95. The molecule has 0 aliphatic carbocycles. The molecule has 0 radical (unpaired) electrons. The first kappa shape index (κ1) is 17.4. The summed E-state index contributed by atoms with van der Waals surface area (Å²) in [6, 6.07) is 6.94. The van der Waals surface area contributed by atoms with Crippen LogP contribution in [-0.4, -0.2) is 30.1 Å². The quantitative estimate of drug-likeness (QED) is 0.620. The fourth-order valence-electron chi connectivity index (χ4n) is 2.48. The predicted molar refractivity (Wildman–Crippen MR) is 92.2 cm³/mol. The van der Waals surface area contributed by atoms with Crippen LogP contribution in [0, 0.1) is 6.92 Å². The Balaban J connectivity index is 2.22. The molecular formula is C17H22N2O3S. The lowest BCUT2D eigenvalue weighted by Gasteiger charge is -2.28. The van der Waals surface area contributed by atoms with Crippen molar-refractivity contribution >= 4 is 23.8 Å². The van der Waals surface area contributed by atoms with E-state index in [1.54, 1.807) is 18.7 Å². The standard InChI is InChI=1S/C17H22N2O3S/c1-4-23-9-8-22-16(20)14-12(3)18-17(21)19-15(14)13-7-5-6-11(2)10-13/h5-7,10,15H,4,8-9H2,1-3H3,(H2,18,19,21)/t15-/m0/s1. The van der Waals surface area contributed by atoms with E-state index in [0.717, 1.165) is 22.6 Å². The molecule has 0 unspecified atom stereocenters. The second kappa shape index (κ2) is 8.06. The van der Waals surface area contributed by atoms with Crippen molar-refractivity contribution in [3.8, 4) is 0 Å². The number of thioether (sulfide) groups is 1. The highest BCUT2D eigenvalue weighted by atomic mass is 32.2. The van der Waals surface area contributed by atoms with Crippen LogP contribution < -0.4 is 10.6 Å². The van der Waals surface area contributed by atoms with E-state index >= 15 is 0 Å². The van der Waals surface area contributed by atoms with Gasteiger partial charge >= 0.3 is 12.0 Å². The van der Waals surface area contributed by atoms with Crippen molar-refractivity contribution in [3.63, 3.8) is 0 Å². The molecule has 2 N–H and O–H groups in total. The first-order valence-corrected chi connectivity index (χ1v) is 8.78. The van der Waals surface area contributed by atoms with Crippen molar-refractivity contribution in [3.05, 3.63) is 46.7 Å². The summed E-state index contributed by atoms with van der Waals surface area (Å²) in [5.74, 6) is 1.37. The minimum absolute atomic E-state index is 0.313. The number of hydrogen-bond donors (Lipinski definition) is 2. The molecule has 0 saturated heterocycles. The molecule has 2 amide bonds. The van der Waals surface area contributed by atoms with Gasteiger partial charge in [0.25, 0.3) is 0 Å². The van der Waals surface area contributed by atoms with Crippen LogP contribution in [0.15, 0.2) is 35.5 Å². The first-order chi connectivity index (χ1) is 11.0. The zero-order valence-corrected chi connectivity index (χ0v) is 14.5. The van der Waals surface area contributed by atoms with Crippen LogP contribution in [0.2, 0.25) is 0 Å². The van der Waals surface area contributed by atoms with Crippen LogP contribution >= 0.6 is 11.8 Å². The molecule has 0 fully saturated rings. The molecule has 0 aromatic heterocycles. The Kier molecular flexibility index (Phi) is 6.10. The number of carbonyl (C=O) groups is 2. The van der Waals surface area contributed by atoms with Crippen LogP contribution in [-0.2, 0) is 9.53 Å². The summed E-state index contributed by atoms with van der Waals surface area (Å²) >= 11 is 1.72. The van der Waals surface area contributed by atoms with Gasteiger partial charge < -0.3 is 15.4 Å². The number of ether oxygens (including phenoxy) is 1. The maximum absolute atomic E-state index is 12.5. The maximum Gasteiger partial charge on any atom is 0.338 e. The van der Waals surface area contributed by atoms with E-state index in [2.05, 4.69) is 17.6 Å². The van der Waals surface area contributed by atoms with E-state index in [9.17, 15) is 9.59 Å². The number of esters is 1. The van der Waals surface area contributed by atoms with Crippen LogP contribution in [0.5, 0.6) is 0 Å². The lowest BCUT2D eigenvalue weighted by atomic mass is 9.94. The van der Waals surface area contributed by atoms with Gasteiger partial charge in [-0.1, -0.05) is 36.8 Å². The highest BCUT2D eigenvalue weighted by Crippen LogP contribution is 2.28. The summed E-state index contributed by atoms with van der Waals surface area (Å²) in [7, 11) is 0. The third-order valence-corrected chi connectivity index (χ3v) is 4.39. The number of rotatable bonds is 6. The zero-order chi connectivity index (χ0) is 16.8. The van der Waals surface area contributed by atoms with Gasteiger partial charge in [0.2, 0.25) is 0 Å². The predicted octanol–water partition coefficient (Wildman–Crippen LogP) is 2.92. The Morgan fingerprint density at radius 3 is 2.83 bits per heavy atom. The van der Waals surface area contributed by atoms with Crippen LogP contribution in [0.1, 0.15) is 31.0 Å². The minimum atomic E-state index is -0.491. The summed E-state index contributed by atoms with van der Waals surface area (Å²) in [6.45, 7) is 6.12. The number of nitrogens with one attached hydrogen (secondary N) is 2. The smallest absolute Gasteiger partial charge is 0.338 e. The van der Waals surface area contributed by atoms with Crippen LogP contribution in [0.4, 0.5) is 4.79 Å². The molecule has 6 heteroatoms. The molecule has 0 saturated carbocycles. The number of urea groups is 1. The second-order valence-corrected chi connectivity index (χ2v) is 6.71. The molecule has 124 valence electrons. The van der Waals surface area contributed by atoms with Crippen molar-refractivity contribution in [1.29, 1.82) is 0 Å². The first-order valence-electron chi connectivity index (χ1n) is 7.62. The molecule has 1 atom stereocenters. The van der Waals surface area contributed by atoms with E-state index in [-0.39, 0.29) is 6.03 Å². The van der Waals surface area contributed by atoms with E-state index < -0.39 is 12.0 Å². The number of carbonyl (C=O) groups excluding carboxylic acids is 2. The molecule has 1 aliphatic heterocycles. The third kappa shape index (κ3) is 4.51. The van der Waals surface area contributed by atoms with Gasteiger partial charge in [0.1, 0.15) is 6.61 Å². The van der Waals surface area contributed by atoms with Gasteiger partial charge in [-0.3, -0.25) is 0 Å². The summed E-state index contributed by atoms with van der Waals surface area (Å²) in [4.78, 5) is 24.3. The van der Waals surface area contributed by atoms with Gasteiger partial charge in [0, 0.05) is 11.4 Å². The SMILES string of the molecule is CCSCCOC(=O)C1=C(C)NC(=O)N[C@H]1c1cccc(C)c1. The van der Waals surface area contributed by atoms with Crippen LogP contribution in [0.3, 0.4) is 0 Å². The molecular weight excluding hydrogens is 312 g/mol. The molecule has 5 nitrogen and oxygen atoms in total. The second-order valence-electron chi connectivity index (χ2n) is 5.32. The highest BCUT2D eigenvalue weighted by molar-refractivity contribution is 7.99. The topological polar surface area (TPSA) is 67.4 Å². The summed E-state index contributed by atoms with van der Waals surface area (Å²) in [5.41, 5.74) is 2.93. The molecule has 0 bridgehead atoms. The largest absolute Gasteiger partial charge is 0.461 e.